The van der Waals surface area contributed by atoms with Crippen LogP contribution in [0.3, 0.4) is 0 Å². The summed E-state index contributed by atoms with van der Waals surface area (Å²) in [4.78, 5) is 2.41. The minimum Gasteiger partial charge on any atom is -0.371 e. The predicted octanol–water partition coefficient (Wildman–Crippen LogP) is 4.71. The molecule has 0 bridgehead atoms. The van der Waals surface area contributed by atoms with E-state index in [2.05, 4.69) is 57.8 Å². The van der Waals surface area contributed by atoms with Gasteiger partial charge in [-0.2, -0.15) is 0 Å². The standard InChI is InChI=1S/C17H29ClN2/c1-7-20(12-13(2)3)16-10-8-9-15(18)14(16)11-19-17(4,5)6/h8-10,13,19H,7,11-12H2,1-6H3. The monoisotopic (exact) mass is 296 g/mol. The van der Waals surface area contributed by atoms with E-state index in [4.69, 9.17) is 11.6 Å². The first-order valence-corrected chi connectivity index (χ1v) is 7.89. The maximum Gasteiger partial charge on any atom is 0.0471 e. The van der Waals surface area contributed by atoms with E-state index in [1.807, 2.05) is 12.1 Å². The Morgan fingerprint density at radius 1 is 1.25 bits per heavy atom. The van der Waals surface area contributed by atoms with Crippen LogP contribution in [0.5, 0.6) is 0 Å². The minimum atomic E-state index is 0.0888. The fourth-order valence-electron chi connectivity index (χ4n) is 2.21. The van der Waals surface area contributed by atoms with Gasteiger partial charge >= 0.3 is 0 Å². The Morgan fingerprint density at radius 3 is 2.40 bits per heavy atom. The number of nitrogens with one attached hydrogen (secondary N) is 1. The van der Waals surface area contributed by atoms with Gasteiger partial charge in [0.25, 0.3) is 0 Å². The zero-order valence-electron chi connectivity index (χ0n) is 13.8. The number of benzene rings is 1. The topological polar surface area (TPSA) is 15.3 Å². The van der Waals surface area contributed by atoms with E-state index in [0.717, 1.165) is 24.7 Å². The first kappa shape index (κ1) is 17.3. The molecule has 0 heterocycles. The van der Waals surface area contributed by atoms with Crippen molar-refractivity contribution in [1.82, 2.24) is 5.32 Å². The van der Waals surface area contributed by atoms with Crippen molar-refractivity contribution in [3.63, 3.8) is 0 Å². The van der Waals surface area contributed by atoms with Gasteiger partial charge in [-0.3, -0.25) is 0 Å². The third kappa shape index (κ3) is 5.34. The number of hydrogen-bond donors (Lipinski definition) is 1. The lowest BCUT2D eigenvalue weighted by molar-refractivity contribution is 0.424. The van der Waals surface area contributed by atoms with Gasteiger partial charge in [-0.05, 0) is 45.7 Å². The van der Waals surface area contributed by atoms with Crippen molar-refractivity contribution in [3.05, 3.63) is 28.8 Å². The molecule has 1 aromatic rings. The molecule has 0 saturated heterocycles. The molecule has 0 aliphatic rings. The van der Waals surface area contributed by atoms with Crippen LogP contribution in [0.15, 0.2) is 18.2 Å². The van der Waals surface area contributed by atoms with Crippen LogP contribution in [0.2, 0.25) is 5.02 Å². The molecule has 0 aromatic heterocycles. The molecule has 0 radical (unpaired) electrons. The van der Waals surface area contributed by atoms with Crippen molar-refractivity contribution in [3.8, 4) is 0 Å². The molecule has 0 atom stereocenters. The summed E-state index contributed by atoms with van der Waals surface area (Å²) in [5.41, 5.74) is 2.54. The number of halogens is 1. The van der Waals surface area contributed by atoms with E-state index in [0.29, 0.717) is 5.92 Å². The second kappa shape index (κ2) is 7.33. The Bertz CT molecular complexity index is 421. The summed E-state index contributed by atoms with van der Waals surface area (Å²) in [6.45, 7) is 16.1. The summed E-state index contributed by atoms with van der Waals surface area (Å²) in [6.07, 6.45) is 0. The van der Waals surface area contributed by atoms with Gasteiger partial charge in [0, 0.05) is 41.4 Å². The Morgan fingerprint density at radius 2 is 1.90 bits per heavy atom. The first-order valence-electron chi connectivity index (χ1n) is 7.52. The zero-order valence-corrected chi connectivity index (χ0v) is 14.5. The van der Waals surface area contributed by atoms with E-state index in [1.54, 1.807) is 0 Å². The Balaban J connectivity index is 3.02. The van der Waals surface area contributed by atoms with Crippen LogP contribution in [0, 0.1) is 5.92 Å². The van der Waals surface area contributed by atoms with Crippen LogP contribution in [-0.4, -0.2) is 18.6 Å². The minimum absolute atomic E-state index is 0.0888. The molecule has 0 spiro atoms. The summed E-state index contributed by atoms with van der Waals surface area (Å²) < 4.78 is 0. The van der Waals surface area contributed by atoms with Crippen LogP contribution in [0.1, 0.15) is 47.1 Å². The van der Waals surface area contributed by atoms with Gasteiger partial charge in [0.1, 0.15) is 0 Å². The highest BCUT2D eigenvalue weighted by Gasteiger charge is 2.16. The van der Waals surface area contributed by atoms with Crippen LogP contribution in [0.25, 0.3) is 0 Å². The maximum absolute atomic E-state index is 6.43. The molecule has 0 aliphatic heterocycles. The Labute approximate surface area is 129 Å². The lowest BCUT2D eigenvalue weighted by atomic mass is 10.1. The molecule has 3 heteroatoms. The SMILES string of the molecule is CCN(CC(C)C)c1cccc(Cl)c1CNC(C)(C)C. The lowest BCUT2D eigenvalue weighted by Crippen LogP contribution is -2.36. The number of rotatable bonds is 6. The maximum atomic E-state index is 6.43. The number of hydrogen-bond acceptors (Lipinski definition) is 2. The summed E-state index contributed by atoms with van der Waals surface area (Å²) in [5, 5.41) is 4.39. The average Bonchev–Trinajstić information content (AvgIpc) is 2.33. The highest BCUT2D eigenvalue weighted by atomic mass is 35.5. The van der Waals surface area contributed by atoms with Gasteiger partial charge in [0.2, 0.25) is 0 Å². The molecule has 2 nitrogen and oxygen atoms in total. The molecular formula is C17H29ClN2. The molecular weight excluding hydrogens is 268 g/mol. The second-order valence-corrected chi connectivity index (χ2v) is 7.18. The van der Waals surface area contributed by atoms with Crippen molar-refractivity contribution < 1.29 is 0 Å². The highest BCUT2D eigenvalue weighted by molar-refractivity contribution is 6.31. The van der Waals surface area contributed by atoms with E-state index in [9.17, 15) is 0 Å². The first-order chi connectivity index (χ1) is 9.24. The zero-order chi connectivity index (χ0) is 15.3. The summed E-state index contributed by atoms with van der Waals surface area (Å²) >= 11 is 6.43. The van der Waals surface area contributed by atoms with E-state index in [-0.39, 0.29) is 5.54 Å². The van der Waals surface area contributed by atoms with Crippen molar-refractivity contribution in [2.45, 2.75) is 53.6 Å². The van der Waals surface area contributed by atoms with Gasteiger partial charge < -0.3 is 10.2 Å². The van der Waals surface area contributed by atoms with Crippen LogP contribution in [0.4, 0.5) is 5.69 Å². The van der Waals surface area contributed by atoms with Crippen molar-refractivity contribution >= 4 is 17.3 Å². The second-order valence-electron chi connectivity index (χ2n) is 6.77. The van der Waals surface area contributed by atoms with E-state index < -0.39 is 0 Å². The molecule has 0 aliphatic carbocycles. The lowest BCUT2D eigenvalue weighted by Gasteiger charge is -2.29. The Kier molecular flexibility index (Phi) is 6.35. The third-order valence-electron chi connectivity index (χ3n) is 3.20. The van der Waals surface area contributed by atoms with Crippen LogP contribution < -0.4 is 10.2 Å². The van der Waals surface area contributed by atoms with Gasteiger partial charge in [0.05, 0.1) is 0 Å². The fourth-order valence-corrected chi connectivity index (χ4v) is 2.45. The summed E-state index contributed by atoms with van der Waals surface area (Å²) in [7, 11) is 0. The van der Waals surface area contributed by atoms with Gasteiger partial charge in [-0.25, -0.2) is 0 Å². The van der Waals surface area contributed by atoms with Gasteiger partial charge in [-0.15, -0.1) is 0 Å². The molecule has 0 saturated carbocycles. The molecule has 1 N–H and O–H groups in total. The fraction of sp³-hybridized carbons (Fsp3) is 0.647. The van der Waals surface area contributed by atoms with E-state index >= 15 is 0 Å². The molecule has 0 fully saturated rings. The average molecular weight is 297 g/mol. The molecule has 1 rings (SSSR count). The molecule has 0 unspecified atom stereocenters. The molecule has 1 aromatic carbocycles. The Hall–Kier alpha value is -0.730. The quantitative estimate of drug-likeness (QED) is 0.818. The van der Waals surface area contributed by atoms with Gasteiger partial charge in [0.15, 0.2) is 0 Å². The van der Waals surface area contributed by atoms with Crippen molar-refractivity contribution in [2.75, 3.05) is 18.0 Å². The van der Waals surface area contributed by atoms with Crippen LogP contribution >= 0.6 is 11.6 Å². The smallest absolute Gasteiger partial charge is 0.0471 e. The molecule has 20 heavy (non-hydrogen) atoms. The van der Waals surface area contributed by atoms with E-state index in [1.165, 1.54) is 11.3 Å². The molecule has 0 amide bonds. The van der Waals surface area contributed by atoms with Gasteiger partial charge in [-0.1, -0.05) is 31.5 Å². The van der Waals surface area contributed by atoms with Crippen molar-refractivity contribution in [1.29, 1.82) is 0 Å². The van der Waals surface area contributed by atoms with Crippen molar-refractivity contribution in [2.24, 2.45) is 5.92 Å². The molecule has 114 valence electrons. The van der Waals surface area contributed by atoms with Crippen LogP contribution in [-0.2, 0) is 6.54 Å². The predicted molar refractivity (Wildman–Crippen MR) is 90.8 cm³/mol. The normalized spacial score (nSPS) is 12.0. The highest BCUT2D eigenvalue weighted by Crippen LogP contribution is 2.28. The summed E-state index contributed by atoms with van der Waals surface area (Å²) in [6, 6.07) is 6.20. The number of nitrogens with zero attached hydrogens (tertiary/aromatic N) is 1. The third-order valence-corrected chi connectivity index (χ3v) is 3.55. The number of anilines is 1. The largest absolute Gasteiger partial charge is 0.371 e. The summed E-state index contributed by atoms with van der Waals surface area (Å²) in [5.74, 6) is 0.636.